The van der Waals surface area contributed by atoms with Gasteiger partial charge in [-0.3, -0.25) is 9.69 Å². The van der Waals surface area contributed by atoms with Crippen molar-refractivity contribution < 1.29 is 23.2 Å². The second kappa shape index (κ2) is 7.51. The van der Waals surface area contributed by atoms with E-state index in [4.69, 9.17) is 4.52 Å². The summed E-state index contributed by atoms with van der Waals surface area (Å²) >= 11 is 0. The SMILES string of the molecule is CN(Cc1ccon1)C[C@@]1(O)CCCN(Cc2ccc(F)c(F)c2)C1=O. The van der Waals surface area contributed by atoms with Crippen LogP contribution in [0.2, 0.25) is 0 Å². The lowest BCUT2D eigenvalue weighted by atomic mass is 9.90. The van der Waals surface area contributed by atoms with E-state index in [-0.39, 0.29) is 13.1 Å². The molecule has 1 saturated heterocycles. The second-order valence-electron chi connectivity index (χ2n) is 6.77. The Morgan fingerprint density at radius 2 is 2.15 bits per heavy atom. The summed E-state index contributed by atoms with van der Waals surface area (Å²) in [4.78, 5) is 16.1. The summed E-state index contributed by atoms with van der Waals surface area (Å²) in [5.74, 6) is -2.28. The van der Waals surface area contributed by atoms with Gasteiger partial charge in [0.2, 0.25) is 0 Å². The molecular weight excluding hydrogens is 344 g/mol. The molecule has 0 bridgehead atoms. The Bertz CT molecular complexity index is 769. The maximum Gasteiger partial charge on any atom is 0.256 e. The lowest BCUT2D eigenvalue weighted by molar-refractivity contribution is -0.160. The van der Waals surface area contributed by atoms with Gasteiger partial charge in [0, 0.05) is 32.2 Å². The van der Waals surface area contributed by atoms with Gasteiger partial charge < -0.3 is 14.5 Å². The molecule has 0 unspecified atom stereocenters. The van der Waals surface area contributed by atoms with Crippen LogP contribution in [0.25, 0.3) is 0 Å². The van der Waals surface area contributed by atoms with E-state index < -0.39 is 23.1 Å². The quantitative estimate of drug-likeness (QED) is 0.847. The van der Waals surface area contributed by atoms with Gasteiger partial charge in [-0.2, -0.15) is 0 Å². The number of amides is 1. The molecule has 2 aromatic rings. The minimum absolute atomic E-state index is 0.130. The van der Waals surface area contributed by atoms with Crippen LogP contribution in [0.5, 0.6) is 0 Å². The lowest BCUT2D eigenvalue weighted by Crippen LogP contribution is -2.57. The Hall–Kier alpha value is -2.32. The van der Waals surface area contributed by atoms with Gasteiger partial charge in [0.1, 0.15) is 6.26 Å². The van der Waals surface area contributed by atoms with Crippen LogP contribution in [0.15, 0.2) is 35.1 Å². The van der Waals surface area contributed by atoms with Crippen molar-refractivity contribution in [3.63, 3.8) is 0 Å². The summed E-state index contributed by atoms with van der Waals surface area (Å²) in [6.45, 7) is 1.18. The van der Waals surface area contributed by atoms with E-state index in [9.17, 15) is 18.7 Å². The summed E-state index contributed by atoms with van der Waals surface area (Å²) in [5, 5.41) is 14.7. The van der Waals surface area contributed by atoms with Crippen molar-refractivity contribution in [2.24, 2.45) is 0 Å². The molecule has 2 heterocycles. The first-order valence-electron chi connectivity index (χ1n) is 8.41. The molecule has 1 amide bonds. The van der Waals surface area contributed by atoms with Crippen molar-refractivity contribution >= 4 is 5.91 Å². The lowest BCUT2D eigenvalue weighted by Gasteiger charge is -2.40. The van der Waals surface area contributed by atoms with Gasteiger partial charge in [0.05, 0.1) is 5.69 Å². The fourth-order valence-electron chi connectivity index (χ4n) is 3.32. The number of carbonyl (C=O) groups is 1. The predicted molar refractivity (Wildman–Crippen MR) is 88.8 cm³/mol. The summed E-state index contributed by atoms with van der Waals surface area (Å²) in [6, 6.07) is 5.28. The number of likely N-dealkylation sites (tertiary alicyclic amines) is 1. The van der Waals surface area contributed by atoms with E-state index in [0.29, 0.717) is 37.2 Å². The smallest absolute Gasteiger partial charge is 0.256 e. The zero-order valence-electron chi connectivity index (χ0n) is 14.5. The molecule has 0 radical (unpaired) electrons. The minimum Gasteiger partial charge on any atom is -0.379 e. The fourth-order valence-corrected chi connectivity index (χ4v) is 3.32. The number of piperidine rings is 1. The molecule has 1 N–H and O–H groups in total. The molecule has 0 saturated carbocycles. The highest BCUT2D eigenvalue weighted by Gasteiger charge is 2.42. The monoisotopic (exact) mass is 365 g/mol. The molecule has 3 rings (SSSR count). The molecule has 1 aliphatic rings. The van der Waals surface area contributed by atoms with Gasteiger partial charge in [0.15, 0.2) is 17.2 Å². The Morgan fingerprint density at radius 1 is 1.35 bits per heavy atom. The molecule has 1 atom stereocenters. The van der Waals surface area contributed by atoms with Crippen LogP contribution in [0.4, 0.5) is 8.78 Å². The number of benzene rings is 1. The van der Waals surface area contributed by atoms with Gasteiger partial charge in [-0.05, 0) is 37.6 Å². The zero-order valence-corrected chi connectivity index (χ0v) is 14.5. The number of aromatic nitrogens is 1. The maximum atomic E-state index is 13.4. The van der Waals surface area contributed by atoms with E-state index in [0.717, 1.165) is 12.1 Å². The molecule has 1 fully saturated rings. The zero-order chi connectivity index (χ0) is 18.7. The normalized spacial score (nSPS) is 20.8. The highest BCUT2D eigenvalue weighted by atomic mass is 19.2. The molecule has 0 spiro atoms. The average molecular weight is 365 g/mol. The third kappa shape index (κ3) is 4.08. The fraction of sp³-hybridized carbons (Fsp3) is 0.444. The number of hydrogen-bond acceptors (Lipinski definition) is 5. The number of nitrogens with zero attached hydrogens (tertiary/aromatic N) is 3. The second-order valence-corrected chi connectivity index (χ2v) is 6.77. The molecule has 1 aromatic carbocycles. The largest absolute Gasteiger partial charge is 0.379 e. The Morgan fingerprint density at radius 3 is 2.85 bits per heavy atom. The number of halogens is 2. The molecule has 1 aliphatic heterocycles. The third-order valence-electron chi connectivity index (χ3n) is 4.52. The van der Waals surface area contributed by atoms with Crippen molar-refractivity contribution in [3.8, 4) is 0 Å². The molecule has 140 valence electrons. The van der Waals surface area contributed by atoms with Crippen LogP contribution >= 0.6 is 0 Å². The van der Waals surface area contributed by atoms with Gasteiger partial charge in [-0.15, -0.1) is 0 Å². The van der Waals surface area contributed by atoms with Crippen molar-refractivity contribution in [3.05, 3.63) is 53.4 Å². The van der Waals surface area contributed by atoms with Crippen molar-refractivity contribution in [1.82, 2.24) is 15.0 Å². The van der Waals surface area contributed by atoms with E-state index in [1.807, 2.05) is 0 Å². The van der Waals surface area contributed by atoms with Crippen LogP contribution < -0.4 is 0 Å². The van der Waals surface area contributed by atoms with Crippen molar-refractivity contribution in [2.45, 2.75) is 31.5 Å². The first-order valence-corrected chi connectivity index (χ1v) is 8.41. The van der Waals surface area contributed by atoms with E-state index in [1.54, 1.807) is 18.0 Å². The number of likely N-dealkylation sites (N-methyl/N-ethyl adjacent to an activating group) is 1. The van der Waals surface area contributed by atoms with E-state index >= 15 is 0 Å². The van der Waals surface area contributed by atoms with Crippen LogP contribution in [0.3, 0.4) is 0 Å². The van der Waals surface area contributed by atoms with Crippen LogP contribution in [-0.2, 0) is 17.9 Å². The Labute approximate surface area is 150 Å². The molecule has 8 heteroatoms. The van der Waals surface area contributed by atoms with Crippen LogP contribution in [0.1, 0.15) is 24.1 Å². The van der Waals surface area contributed by atoms with Crippen LogP contribution in [0, 0.1) is 11.6 Å². The number of rotatable bonds is 6. The van der Waals surface area contributed by atoms with Gasteiger partial charge >= 0.3 is 0 Å². The molecule has 26 heavy (non-hydrogen) atoms. The van der Waals surface area contributed by atoms with E-state index in [2.05, 4.69) is 5.16 Å². The minimum atomic E-state index is -1.52. The standard InChI is InChI=1S/C18H21F2N3O3/c1-22(11-14-5-8-26-21-14)12-18(25)6-2-7-23(17(18)24)10-13-3-4-15(19)16(20)9-13/h3-5,8-9,25H,2,6-7,10-12H2,1H3/t18-/m0/s1. The van der Waals surface area contributed by atoms with Crippen LogP contribution in [-0.4, -0.2) is 51.7 Å². The summed E-state index contributed by atoms with van der Waals surface area (Å²) in [7, 11) is 1.79. The average Bonchev–Trinajstić information content (AvgIpc) is 3.08. The van der Waals surface area contributed by atoms with E-state index in [1.165, 1.54) is 17.2 Å². The van der Waals surface area contributed by atoms with Crippen molar-refractivity contribution in [1.29, 1.82) is 0 Å². The van der Waals surface area contributed by atoms with Crippen molar-refractivity contribution in [2.75, 3.05) is 20.1 Å². The third-order valence-corrected chi connectivity index (χ3v) is 4.52. The first kappa shape index (κ1) is 18.5. The topological polar surface area (TPSA) is 69.8 Å². The molecule has 1 aromatic heterocycles. The molecule has 6 nitrogen and oxygen atoms in total. The summed E-state index contributed by atoms with van der Waals surface area (Å²) in [6.07, 6.45) is 2.44. The highest BCUT2D eigenvalue weighted by Crippen LogP contribution is 2.26. The highest BCUT2D eigenvalue weighted by molar-refractivity contribution is 5.86. The maximum absolute atomic E-state index is 13.4. The Balaban J connectivity index is 1.66. The Kier molecular flexibility index (Phi) is 5.33. The van der Waals surface area contributed by atoms with Gasteiger partial charge in [0.25, 0.3) is 5.91 Å². The molecular formula is C18H21F2N3O3. The molecule has 0 aliphatic carbocycles. The number of aliphatic hydroxyl groups is 1. The van der Waals surface area contributed by atoms with Gasteiger partial charge in [-0.1, -0.05) is 11.2 Å². The number of hydrogen-bond donors (Lipinski definition) is 1. The first-order chi connectivity index (χ1) is 12.4. The number of carbonyl (C=O) groups excluding carboxylic acids is 1. The van der Waals surface area contributed by atoms with Gasteiger partial charge in [-0.25, -0.2) is 8.78 Å². The summed E-state index contributed by atoms with van der Waals surface area (Å²) < 4.78 is 31.2. The predicted octanol–water partition coefficient (Wildman–Crippen LogP) is 1.94. The summed E-state index contributed by atoms with van der Waals surface area (Å²) in [5.41, 5.74) is -0.328.